The van der Waals surface area contributed by atoms with Gasteiger partial charge in [-0.2, -0.15) is 0 Å². The summed E-state index contributed by atoms with van der Waals surface area (Å²) in [5.41, 5.74) is 2.81. The SMILES string of the molecule is Cc1ccccc1-c1ccc(C(=O)NC2(C(=O)O)CCC(O)CC2)nc1-c1ccc(Cl)c(OCCN2CCCC2)c1.Cl. The van der Waals surface area contributed by atoms with Crippen LogP contribution in [0.5, 0.6) is 5.75 Å². The standard InChI is InChI=1S/C32H36ClN3O5.ClH/c1-21-6-2-3-7-24(21)25-9-11-27(30(38)35-32(31(39)40)14-12-23(37)13-15-32)34-29(25)22-8-10-26(33)28(20-22)41-19-18-36-16-4-5-17-36;/h2-3,6-11,20,23,37H,4-5,12-19H2,1H3,(H,35,38)(H,39,40);1H. The molecule has 42 heavy (non-hydrogen) atoms. The number of carboxylic acids is 1. The lowest BCUT2D eigenvalue weighted by Crippen LogP contribution is -2.57. The van der Waals surface area contributed by atoms with Crippen LogP contribution in [0.15, 0.2) is 54.6 Å². The fourth-order valence-corrected chi connectivity index (χ4v) is 5.89. The van der Waals surface area contributed by atoms with E-state index in [1.165, 1.54) is 12.8 Å². The van der Waals surface area contributed by atoms with Crippen LogP contribution in [0.4, 0.5) is 0 Å². The Morgan fingerprint density at radius 1 is 1.07 bits per heavy atom. The van der Waals surface area contributed by atoms with Gasteiger partial charge in [-0.3, -0.25) is 9.69 Å². The summed E-state index contributed by atoms with van der Waals surface area (Å²) >= 11 is 6.51. The van der Waals surface area contributed by atoms with Crippen LogP contribution in [0.3, 0.4) is 0 Å². The molecule has 0 unspecified atom stereocenters. The predicted octanol–water partition coefficient (Wildman–Crippen LogP) is 5.76. The second-order valence-corrected chi connectivity index (χ2v) is 11.4. The van der Waals surface area contributed by atoms with Gasteiger partial charge >= 0.3 is 5.97 Å². The molecule has 0 spiro atoms. The van der Waals surface area contributed by atoms with E-state index in [-0.39, 0.29) is 30.9 Å². The molecule has 1 aliphatic carbocycles. The molecule has 1 amide bonds. The summed E-state index contributed by atoms with van der Waals surface area (Å²) < 4.78 is 6.09. The first-order valence-electron chi connectivity index (χ1n) is 14.2. The summed E-state index contributed by atoms with van der Waals surface area (Å²) in [4.78, 5) is 32.8. The van der Waals surface area contributed by atoms with Crippen molar-refractivity contribution in [2.24, 2.45) is 0 Å². The molecule has 0 radical (unpaired) electrons. The number of hydrogen-bond donors (Lipinski definition) is 3. The average Bonchev–Trinajstić information content (AvgIpc) is 3.49. The van der Waals surface area contributed by atoms with Gasteiger partial charge in [-0.1, -0.05) is 41.9 Å². The molecule has 1 aromatic heterocycles. The second-order valence-electron chi connectivity index (χ2n) is 11.0. The number of hydrogen-bond acceptors (Lipinski definition) is 6. The number of nitrogens with zero attached hydrogens (tertiary/aromatic N) is 2. The van der Waals surface area contributed by atoms with Crippen molar-refractivity contribution in [1.29, 1.82) is 0 Å². The highest BCUT2D eigenvalue weighted by Crippen LogP contribution is 2.37. The Kier molecular flexibility index (Phi) is 10.5. The number of aliphatic carboxylic acids is 1. The maximum atomic E-state index is 13.4. The fourth-order valence-electron chi connectivity index (χ4n) is 5.72. The van der Waals surface area contributed by atoms with Crippen LogP contribution < -0.4 is 10.1 Å². The maximum Gasteiger partial charge on any atom is 0.329 e. The zero-order valence-corrected chi connectivity index (χ0v) is 25.2. The van der Waals surface area contributed by atoms with E-state index >= 15 is 0 Å². The topological polar surface area (TPSA) is 112 Å². The van der Waals surface area contributed by atoms with Crippen LogP contribution in [0.2, 0.25) is 5.02 Å². The molecule has 2 aromatic carbocycles. The summed E-state index contributed by atoms with van der Waals surface area (Å²) in [6.07, 6.45) is 2.78. The van der Waals surface area contributed by atoms with Gasteiger partial charge in [0.1, 0.15) is 23.6 Å². The number of nitrogens with one attached hydrogen (secondary N) is 1. The number of carbonyl (C=O) groups excluding carboxylic acids is 1. The van der Waals surface area contributed by atoms with Gasteiger partial charge in [0.15, 0.2) is 0 Å². The first-order valence-corrected chi connectivity index (χ1v) is 14.6. The molecule has 3 N–H and O–H groups in total. The Bertz CT molecular complexity index is 1420. The molecule has 1 saturated heterocycles. The summed E-state index contributed by atoms with van der Waals surface area (Å²) in [7, 11) is 0. The van der Waals surface area contributed by atoms with Crippen LogP contribution in [0.25, 0.3) is 22.4 Å². The largest absolute Gasteiger partial charge is 0.491 e. The van der Waals surface area contributed by atoms with E-state index < -0.39 is 23.5 Å². The highest BCUT2D eigenvalue weighted by Gasteiger charge is 2.43. The zero-order valence-electron chi connectivity index (χ0n) is 23.6. The van der Waals surface area contributed by atoms with Gasteiger partial charge in [0, 0.05) is 17.7 Å². The molecule has 10 heteroatoms. The average molecular weight is 615 g/mol. The smallest absolute Gasteiger partial charge is 0.329 e. The molecule has 3 aromatic rings. The number of aliphatic hydroxyl groups is 1. The molecule has 2 heterocycles. The minimum atomic E-state index is -1.44. The number of aromatic nitrogens is 1. The molecule has 5 rings (SSSR count). The van der Waals surface area contributed by atoms with Gasteiger partial charge in [-0.25, -0.2) is 9.78 Å². The quantitative estimate of drug-likeness (QED) is 0.281. The minimum Gasteiger partial charge on any atom is -0.491 e. The third kappa shape index (κ3) is 7.06. The molecule has 1 saturated carbocycles. The van der Waals surface area contributed by atoms with E-state index in [0.29, 0.717) is 35.9 Å². The van der Waals surface area contributed by atoms with Crippen LogP contribution in [-0.2, 0) is 4.79 Å². The maximum absolute atomic E-state index is 13.4. The molecule has 2 aliphatic rings. The number of carbonyl (C=O) groups is 2. The molecule has 224 valence electrons. The van der Waals surface area contributed by atoms with Gasteiger partial charge in [0.05, 0.1) is 16.8 Å². The molecular formula is C32H37Cl2N3O5. The molecule has 8 nitrogen and oxygen atoms in total. The number of halogens is 2. The number of benzene rings is 2. The molecule has 0 bridgehead atoms. The Labute approximate surface area is 257 Å². The van der Waals surface area contributed by atoms with Crippen molar-refractivity contribution in [2.75, 3.05) is 26.2 Å². The third-order valence-corrected chi connectivity index (χ3v) is 8.51. The minimum absolute atomic E-state index is 0. The third-order valence-electron chi connectivity index (χ3n) is 8.20. The van der Waals surface area contributed by atoms with Crippen molar-refractivity contribution in [2.45, 2.75) is 57.1 Å². The van der Waals surface area contributed by atoms with Crippen molar-refractivity contribution in [1.82, 2.24) is 15.2 Å². The Morgan fingerprint density at radius 3 is 2.48 bits per heavy atom. The van der Waals surface area contributed by atoms with E-state index in [1.807, 2.05) is 49.4 Å². The lowest BCUT2D eigenvalue weighted by molar-refractivity contribution is -0.146. The molecular weight excluding hydrogens is 577 g/mol. The summed E-state index contributed by atoms with van der Waals surface area (Å²) in [6, 6.07) is 16.9. The van der Waals surface area contributed by atoms with Crippen LogP contribution in [0.1, 0.15) is 54.6 Å². The Balaban J connectivity index is 0.00000405. The number of aryl methyl sites for hydroxylation is 1. The van der Waals surface area contributed by atoms with Crippen molar-refractivity contribution >= 4 is 35.9 Å². The summed E-state index contributed by atoms with van der Waals surface area (Å²) in [6.45, 7) is 5.52. The highest BCUT2D eigenvalue weighted by molar-refractivity contribution is 6.32. The first-order chi connectivity index (χ1) is 19.8. The highest BCUT2D eigenvalue weighted by atomic mass is 35.5. The fraction of sp³-hybridized carbons (Fsp3) is 0.406. The number of likely N-dealkylation sites (tertiary alicyclic amines) is 1. The predicted molar refractivity (Wildman–Crippen MR) is 166 cm³/mol. The monoisotopic (exact) mass is 613 g/mol. The Morgan fingerprint density at radius 2 is 1.79 bits per heavy atom. The van der Waals surface area contributed by atoms with Gasteiger partial charge < -0.3 is 20.3 Å². The number of aliphatic hydroxyl groups excluding tert-OH is 1. The summed E-state index contributed by atoms with van der Waals surface area (Å²) in [5, 5.41) is 23.1. The number of amides is 1. The van der Waals surface area contributed by atoms with E-state index in [4.69, 9.17) is 21.3 Å². The number of rotatable bonds is 9. The van der Waals surface area contributed by atoms with Crippen LogP contribution >= 0.6 is 24.0 Å². The van der Waals surface area contributed by atoms with E-state index in [2.05, 4.69) is 10.2 Å². The number of pyridine rings is 1. The van der Waals surface area contributed by atoms with Gasteiger partial charge in [-0.05, 0) is 93.9 Å². The molecule has 1 aliphatic heterocycles. The summed E-state index contributed by atoms with van der Waals surface area (Å²) in [5.74, 6) is -1.14. The van der Waals surface area contributed by atoms with Gasteiger partial charge in [-0.15, -0.1) is 12.4 Å². The second kappa shape index (κ2) is 13.9. The number of carboxylic acid groups (broad SMARTS) is 1. The first kappa shape index (κ1) is 31.8. The van der Waals surface area contributed by atoms with E-state index in [1.54, 1.807) is 12.1 Å². The van der Waals surface area contributed by atoms with Crippen LogP contribution in [0, 0.1) is 6.92 Å². The zero-order chi connectivity index (χ0) is 29.0. The van der Waals surface area contributed by atoms with Crippen molar-refractivity contribution < 1.29 is 24.5 Å². The number of ether oxygens (including phenoxy) is 1. The Hall–Kier alpha value is -3.17. The van der Waals surface area contributed by atoms with Crippen LogP contribution in [-0.4, -0.2) is 69.9 Å². The lowest BCUT2D eigenvalue weighted by atomic mass is 9.80. The van der Waals surface area contributed by atoms with Crippen molar-refractivity contribution in [3.63, 3.8) is 0 Å². The van der Waals surface area contributed by atoms with Gasteiger partial charge in [0.25, 0.3) is 5.91 Å². The van der Waals surface area contributed by atoms with Crippen molar-refractivity contribution in [3.8, 4) is 28.1 Å². The van der Waals surface area contributed by atoms with E-state index in [0.717, 1.165) is 41.9 Å². The normalized spacial score (nSPS) is 20.5. The van der Waals surface area contributed by atoms with Crippen molar-refractivity contribution in [3.05, 3.63) is 70.9 Å². The lowest BCUT2D eigenvalue weighted by Gasteiger charge is -2.35. The molecule has 0 atom stereocenters. The van der Waals surface area contributed by atoms with E-state index in [9.17, 15) is 19.8 Å². The van der Waals surface area contributed by atoms with Gasteiger partial charge in [0.2, 0.25) is 0 Å². The molecule has 2 fully saturated rings.